The molecular formula is C22H25FN2O3S. The normalized spacial score (nSPS) is 23.2. The second-order valence-corrected chi connectivity index (χ2v) is 9.87. The molecule has 4 rings (SSSR count). The predicted molar refractivity (Wildman–Crippen MR) is 111 cm³/mol. The van der Waals surface area contributed by atoms with Crippen LogP contribution in [-0.2, 0) is 21.2 Å². The van der Waals surface area contributed by atoms with Gasteiger partial charge in [0, 0.05) is 12.6 Å². The van der Waals surface area contributed by atoms with Gasteiger partial charge in [0.1, 0.15) is 0 Å². The molecule has 1 N–H and O–H groups in total. The molecule has 0 aromatic heterocycles. The van der Waals surface area contributed by atoms with Gasteiger partial charge in [-0.1, -0.05) is 54.6 Å². The van der Waals surface area contributed by atoms with Gasteiger partial charge in [-0.3, -0.25) is 4.79 Å². The zero-order chi connectivity index (χ0) is 20.6. The molecule has 0 unspecified atom stereocenters. The number of benzene rings is 2. The van der Waals surface area contributed by atoms with Crippen molar-refractivity contribution in [1.29, 1.82) is 0 Å². The summed E-state index contributed by atoms with van der Waals surface area (Å²) in [4.78, 5) is 14.2. The van der Waals surface area contributed by atoms with E-state index >= 15 is 0 Å². The molecule has 2 aromatic rings. The van der Waals surface area contributed by atoms with Gasteiger partial charge in [-0.05, 0) is 42.4 Å². The zero-order valence-corrected chi connectivity index (χ0v) is 17.2. The quantitative estimate of drug-likeness (QED) is 0.787. The molecule has 1 amide bonds. The Balaban J connectivity index is 1.61. The van der Waals surface area contributed by atoms with Crippen LogP contribution in [0.1, 0.15) is 24.8 Å². The van der Waals surface area contributed by atoms with Gasteiger partial charge >= 0.3 is 0 Å². The summed E-state index contributed by atoms with van der Waals surface area (Å²) in [5.74, 6) is -0.500. The molecule has 2 atom stereocenters. The summed E-state index contributed by atoms with van der Waals surface area (Å²) >= 11 is 0. The van der Waals surface area contributed by atoms with Crippen LogP contribution in [-0.4, -0.2) is 49.8 Å². The van der Waals surface area contributed by atoms with Gasteiger partial charge in [-0.25, -0.2) is 17.5 Å². The lowest BCUT2D eigenvalue weighted by atomic mass is 9.97. The Hall–Kier alpha value is -2.25. The number of sulfonamides is 1. The summed E-state index contributed by atoms with van der Waals surface area (Å²) in [5, 5.41) is 0. The molecule has 29 heavy (non-hydrogen) atoms. The molecule has 1 saturated heterocycles. The van der Waals surface area contributed by atoms with Crippen molar-refractivity contribution in [2.45, 2.75) is 43.4 Å². The first kappa shape index (κ1) is 20.0. The minimum absolute atomic E-state index is 0.253. The van der Waals surface area contributed by atoms with Gasteiger partial charge in [-0.2, -0.15) is 0 Å². The Labute approximate surface area is 171 Å². The van der Waals surface area contributed by atoms with Crippen LogP contribution in [0.25, 0.3) is 11.1 Å². The van der Waals surface area contributed by atoms with Crippen molar-refractivity contribution in [3.05, 3.63) is 60.2 Å². The topological polar surface area (TPSA) is 66.5 Å². The average molecular weight is 417 g/mol. The molecule has 0 radical (unpaired) electrons. The maximum atomic E-state index is 14.5. The van der Waals surface area contributed by atoms with E-state index in [1.807, 2.05) is 48.5 Å². The molecule has 1 aliphatic heterocycles. The molecule has 5 nitrogen and oxygen atoms in total. The molecule has 2 aliphatic rings. The highest BCUT2D eigenvalue weighted by Gasteiger charge is 2.55. The number of likely N-dealkylation sites (tertiary alicyclic amines) is 1. The fraction of sp³-hybridized carbons (Fsp3) is 0.409. The number of hydrogen-bond acceptors (Lipinski definition) is 3. The second-order valence-electron chi connectivity index (χ2n) is 8.09. The second kappa shape index (κ2) is 7.54. The summed E-state index contributed by atoms with van der Waals surface area (Å²) in [7, 11) is -3.43. The number of carbonyl (C=O) groups is 1. The van der Waals surface area contributed by atoms with Crippen LogP contribution in [0.15, 0.2) is 54.6 Å². The Morgan fingerprint density at radius 1 is 1.14 bits per heavy atom. The van der Waals surface area contributed by atoms with Gasteiger partial charge in [-0.15, -0.1) is 0 Å². The molecular weight excluding hydrogens is 391 g/mol. The highest BCUT2D eigenvalue weighted by Crippen LogP contribution is 2.43. The monoisotopic (exact) mass is 416 g/mol. The Morgan fingerprint density at radius 2 is 1.83 bits per heavy atom. The van der Waals surface area contributed by atoms with Crippen molar-refractivity contribution in [3.8, 4) is 11.1 Å². The first-order chi connectivity index (χ1) is 13.8. The first-order valence-electron chi connectivity index (χ1n) is 9.87. The van der Waals surface area contributed by atoms with Gasteiger partial charge in [0.05, 0.1) is 12.3 Å². The van der Waals surface area contributed by atoms with Crippen molar-refractivity contribution in [2.75, 3.05) is 12.8 Å². The minimum Gasteiger partial charge on any atom is -0.335 e. The summed E-state index contributed by atoms with van der Waals surface area (Å²) in [5.41, 5.74) is 1.36. The first-order valence-corrected chi connectivity index (χ1v) is 11.8. The van der Waals surface area contributed by atoms with Crippen molar-refractivity contribution in [1.82, 2.24) is 9.62 Å². The van der Waals surface area contributed by atoms with Gasteiger partial charge in [0.2, 0.25) is 10.0 Å². The molecule has 1 saturated carbocycles. The van der Waals surface area contributed by atoms with Crippen LogP contribution in [0, 0.1) is 0 Å². The fourth-order valence-electron chi connectivity index (χ4n) is 4.10. The number of nitrogens with one attached hydrogen (secondary N) is 1. The van der Waals surface area contributed by atoms with Crippen molar-refractivity contribution >= 4 is 15.9 Å². The van der Waals surface area contributed by atoms with Gasteiger partial charge in [0.25, 0.3) is 5.91 Å². The van der Waals surface area contributed by atoms with Crippen molar-refractivity contribution in [3.63, 3.8) is 0 Å². The van der Waals surface area contributed by atoms with E-state index in [-0.39, 0.29) is 12.8 Å². The third kappa shape index (κ3) is 4.51. The van der Waals surface area contributed by atoms with Crippen LogP contribution in [0.3, 0.4) is 0 Å². The van der Waals surface area contributed by atoms with E-state index in [4.69, 9.17) is 0 Å². The van der Waals surface area contributed by atoms with Crippen LogP contribution in [0.4, 0.5) is 4.39 Å². The SMILES string of the molecule is CS(=O)(=O)N[C@H]1CCN(C(=O)C2(F)CC2)[C@H]1Cc1cccc(-c2ccccc2)c1. The summed E-state index contributed by atoms with van der Waals surface area (Å²) in [6, 6.07) is 17.1. The number of carbonyl (C=O) groups excluding carboxylic acids is 1. The highest BCUT2D eigenvalue weighted by molar-refractivity contribution is 7.88. The Bertz CT molecular complexity index is 1010. The summed E-state index contributed by atoms with van der Waals surface area (Å²) < 4.78 is 40.8. The van der Waals surface area contributed by atoms with E-state index in [0.717, 1.165) is 22.9 Å². The van der Waals surface area contributed by atoms with E-state index in [1.54, 1.807) is 4.90 Å². The summed E-state index contributed by atoms with van der Waals surface area (Å²) in [6.07, 6.45) is 2.57. The van der Waals surface area contributed by atoms with Crippen LogP contribution in [0.2, 0.25) is 0 Å². The third-order valence-corrected chi connectivity index (χ3v) is 6.45. The molecule has 7 heteroatoms. The molecule has 2 fully saturated rings. The molecule has 2 aromatic carbocycles. The maximum absolute atomic E-state index is 14.5. The number of alkyl halides is 1. The molecule has 1 aliphatic carbocycles. The van der Waals surface area contributed by atoms with E-state index in [9.17, 15) is 17.6 Å². The lowest BCUT2D eigenvalue weighted by Gasteiger charge is -2.29. The van der Waals surface area contributed by atoms with E-state index in [2.05, 4.69) is 10.8 Å². The molecule has 1 heterocycles. The van der Waals surface area contributed by atoms with Crippen LogP contribution >= 0.6 is 0 Å². The van der Waals surface area contributed by atoms with Crippen molar-refractivity contribution in [2.24, 2.45) is 0 Å². The number of rotatable bonds is 6. The standard InChI is InChI=1S/C22H25FN2O3S/c1-29(27,28)24-19-10-13-25(21(26)22(23)11-12-22)20(19)15-16-6-5-9-18(14-16)17-7-3-2-4-8-17/h2-9,14,19-20,24H,10-13,15H2,1H3/t19-,20-/m0/s1. The Kier molecular flexibility index (Phi) is 5.21. The number of hydrogen-bond donors (Lipinski definition) is 1. The molecule has 0 spiro atoms. The Morgan fingerprint density at radius 3 is 2.48 bits per heavy atom. The van der Waals surface area contributed by atoms with E-state index < -0.39 is 33.7 Å². The van der Waals surface area contributed by atoms with Crippen LogP contribution in [0.5, 0.6) is 0 Å². The minimum atomic E-state index is -3.43. The summed E-state index contributed by atoms with van der Waals surface area (Å²) in [6.45, 7) is 0.362. The average Bonchev–Trinajstić information content (AvgIpc) is 3.34. The number of halogens is 1. The number of nitrogens with zero attached hydrogens (tertiary/aromatic N) is 1. The molecule has 0 bridgehead atoms. The van der Waals surface area contributed by atoms with Crippen molar-refractivity contribution < 1.29 is 17.6 Å². The zero-order valence-electron chi connectivity index (χ0n) is 16.3. The maximum Gasteiger partial charge on any atom is 0.260 e. The number of amides is 1. The van der Waals surface area contributed by atoms with Crippen LogP contribution < -0.4 is 4.72 Å². The smallest absolute Gasteiger partial charge is 0.260 e. The predicted octanol–water partition coefficient (Wildman–Crippen LogP) is 2.92. The van der Waals surface area contributed by atoms with Gasteiger partial charge < -0.3 is 4.90 Å². The largest absolute Gasteiger partial charge is 0.335 e. The fourth-order valence-corrected chi connectivity index (χ4v) is 4.93. The van der Waals surface area contributed by atoms with E-state index in [0.29, 0.717) is 19.4 Å². The lowest BCUT2D eigenvalue weighted by Crippen LogP contribution is -2.50. The van der Waals surface area contributed by atoms with E-state index in [1.165, 1.54) is 0 Å². The van der Waals surface area contributed by atoms with Gasteiger partial charge in [0.15, 0.2) is 5.67 Å². The molecule has 154 valence electrons. The lowest BCUT2D eigenvalue weighted by molar-refractivity contribution is -0.139. The third-order valence-electron chi connectivity index (χ3n) is 5.72. The highest BCUT2D eigenvalue weighted by atomic mass is 32.2.